The van der Waals surface area contributed by atoms with Crippen LogP contribution in [0.2, 0.25) is 0 Å². The van der Waals surface area contributed by atoms with Gasteiger partial charge in [-0.25, -0.2) is 0 Å². The lowest BCUT2D eigenvalue weighted by molar-refractivity contribution is 0.0822. The van der Waals surface area contributed by atoms with E-state index in [4.69, 9.17) is 4.99 Å². The minimum Gasteiger partial charge on any atom is -0.393 e. The van der Waals surface area contributed by atoms with Crippen molar-refractivity contribution in [3.8, 4) is 0 Å². The van der Waals surface area contributed by atoms with Crippen molar-refractivity contribution in [2.45, 2.75) is 70.9 Å². The van der Waals surface area contributed by atoms with E-state index in [1.165, 1.54) is 32.4 Å². The van der Waals surface area contributed by atoms with Gasteiger partial charge in [0.2, 0.25) is 0 Å². The Bertz CT molecular complexity index is 419. The molecule has 0 aromatic rings. The molecule has 6 nitrogen and oxygen atoms in total. The first-order valence-electron chi connectivity index (χ1n) is 10.7. The Morgan fingerprint density at radius 1 is 1.07 bits per heavy atom. The minimum absolute atomic E-state index is 0. The number of nitrogens with zero attached hydrogens (tertiary/aromatic N) is 3. The molecule has 2 saturated heterocycles. The number of guanidine groups is 1. The van der Waals surface area contributed by atoms with Gasteiger partial charge in [0, 0.05) is 31.7 Å². The molecule has 0 aliphatic carbocycles. The number of hydrogen-bond acceptors (Lipinski definition) is 4. The molecule has 3 N–H and O–H groups in total. The van der Waals surface area contributed by atoms with Gasteiger partial charge in [0.25, 0.3) is 0 Å². The van der Waals surface area contributed by atoms with Gasteiger partial charge in [0.05, 0.1) is 12.6 Å². The first kappa shape index (κ1) is 24.9. The van der Waals surface area contributed by atoms with Gasteiger partial charge in [0.15, 0.2) is 5.96 Å². The van der Waals surface area contributed by atoms with Crippen LogP contribution in [0.1, 0.15) is 59.3 Å². The molecule has 7 heteroatoms. The van der Waals surface area contributed by atoms with Gasteiger partial charge in [0.1, 0.15) is 0 Å². The van der Waals surface area contributed by atoms with Crippen LogP contribution < -0.4 is 10.6 Å². The summed E-state index contributed by atoms with van der Waals surface area (Å²) in [7, 11) is 0. The highest BCUT2D eigenvalue weighted by molar-refractivity contribution is 14.0. The number of piperidine rings is 2. The molecule has 0 radical (unpaired) electrons. The maximum absolute atomic E-state index is 9.58. The quantitative estimate of drug-likeness (QED) is 0.209. The van der Waals surface area contributed by atoms with Crippen molar-refractivity contribution < 1.29 is 5.11 Å². The van der Waals surface area contributed by atoms with Crippen molar-refractivity contribution in [2.75, 3.05) is 52.4 Å². The number of hydrogen-bond donors (Lipinski definition) is 3. The third kappa shape index (κ3) is 9.28. The zero-order chi connectivity index (χ0) is 18.8. The fourth-order valence-electron chi connectivity index (χ4n) is 3.87. The predicted molar refractivity (Wildman–Crippen MR) is 125 cm³/mol. The molecule has 0 aromatic heterocycles. The predicted octanol–water partition coefficient (Wildman–Crippen LogP) is 2.27. The maximum atomic E-state index is 9.58. The lowest BCUT2D eigenvalue weighted by atomic mass is 9.99. The summed E-state index contributed by atoms with van der Waals surface area (Å²) in [6, 6.07) is 0. The highest BCUT2D eigenvalue weighted by Crippen LogP contribution is 2.20. The largest absolute Gasteiger partial charge is 0.393 e. The molecular formula is C20H42IN5O. The fourth-order valence-corrected chi connectivity index (χ4v) is 3.87. The zero-order valence-electron chi connectivity index (χ0n) is 17.7. The van der Waals surface area contributed by atoms with Crippen molar-refractivity contribution in [1.82, 2.24) is 20.4 Å². The van der Waals surface area contributed by atoms with Gasteiger partial charge < -0.3 is 20.6 Å². The molecule has 0 bridgehead atoms. The van der Waals surface area contributed by atoms with E-state index in [1.54, 1.807) is 0 Å². The van der Waals surface area contributed by atoms with Gasteiger partial charge in [-0.2, -0.15) is 0 Å². The molecule has 0 unspecified atom stereocenters. The second-order valence-corrected chi connectivity index (χ2v) is 8.41. The average Bonchev–Trinajstić information content (AvgIpc) is 2.65. The number of aliphatic hydroxyl groups is 1. The summed E-state index contributed by atoms with van der Waals surface area (Å²) < 4.78 is 0. The number of likely N-dealkylation sites (tertiary alicyclic amines) is 2. The van der Waals surface area contributed by atoms with E-state index in [0.717, 1.165) is 64.5 Å². The Hall–Kier alpha value is -0.120. The average molecular weight is 495 g/mol. The van der Waals surface area contributed by atoms with E-state index < -0.39 is 0 Å². The van der Waals surface area contributed by atoms with E-state index in [1.807, 2.05) is 0 Å². The van der Waals surface area contributed by atoms with E-state index in [-0.39, 0.29) is 35.6 Å². The second kappa shape index (κ2) is 13.2. The Labute approximate surface area is 183 Å². The SMILES string of the molecule is CCNC(=NCC(C)(C)N1CCCCC1)NCCCN1CCC(O)CC1.I. The van der Waals surface area contributed by atoms with Crippen LogP contribution in [0.15, 0.2) is 4.99 Å². The Kier molecular flexibility index (Phi) is 12.2. The smallest absolute Gasteiger partial charge is 0.191 e. The molecule has 27 heavy (non-hydrogen) atoms. The molecule has 2 aliphatic rings. The van der Waals surface area contributed by atoms with Gasteiger partial charge in [-0.15, -0.1) is 24.0 Å². The number of halogens is 1. The second-order valence-electron chi connectivity index (χ2n) is 8.41. The van der Waals surface area contributed by atoms with Gasteiger partial charge in [-0.1, -0.05) is 6.42 Å². The highest BCUT2D eigenvalue weighted by Gasteiger charge is 2.27. The van der Waals surface area contributed by atoms with Gasteiger partial charge in [-0.05, 0) is 72.5 Å². The van der Waals surface area contributed by atoms with Crippen molar-refractivity contribution in [3.63, 3.8) is 0 Å². The highest BCUT2D eigenvalue weighted by atomic mass is 127. The summed E-state index contributed by atoms with van der Waals surface area (Å²) in [6.45, 7) is 15.0. The van der Waals surface area contributed by atoms with Crippen molar-refractivity contribution in [1.29, 1.82) is 0 Å². The summed E-state index contributed by atoms with van der Waals surface area (Å²) in [5.74, 6) is 0.937. The molecule has 2 fully saturated rings. The molecular weight excluding hydrogens is 453 g/mol. The van der Waals surface area contributed by atoms with Crippen LogP contribution in [-0.2, 0) is 0 Å². The molecule has 0 spiro atoms. The van der Waals surface area contributed by atoms with Crippen LogP contribution in [-0.4, -0.2) is 84.9 Å². The number of aliphatic imine (C=N–C) groups is 1. The van der Waals surface area contributed by atoms with Crippen LogP contribution in [0.5, 0.6) is 0 Å². The van der Waals surface area contributed by atoms with Crippen molar-refractivity contribution >= 4 is 29.9 Å². The number of nitrogens with one attached hydrogen (secondary N) is 2. The zero-order valence-corrected chi connectivity index (χ0v) is 20.0. The molecule has 0 saturated carbocycles. The van der Waals surface area contributed by atoms with Crippen LogP contribution in [0.3, 0.4) is 0 Å². The molecule has 2 aliphatic heterocycles. The monoisotopic (exact) mass is 495 g/mol. The Balaban J connectivity index is 0.00000364. The normalized spacial score (nSPS) is 21.0. The molecule has 0 atom stereocenters. The lowest BCUT2D eigenvalue weighted by Crippen LogP contribution is -2.49. The Morgan fingerprint density at radius 3 is 2.37 bits per heavy atom. The van der Waals surface area contributed by atoms with Gasteiger partial charge >= 0.3 is 0 Å². The van der Waals surface area contributed by atoms with Crippen LogP contribution in [0.4, 0.5) is 0 Å². The first-order chi connectivity index (χ1) is 12.5. The molecule has 0 amide bonds. The molecule has 0 aromatic carbocycles. The van der Waals surface area contributed by atoms with Gasteiger partial charge in [-0.3, -0.25) is 9.89 Å². The summed E-state index contributed by atoms with van der Waals surface area (Å²) in [5, 5.41) is 16.4. The molecule has 2 heterocycles. The maximum Gasteiger partial charge on any atom is 0.191 e. The third-order valence-electron chi connectivity index (χ3n) is 5.68. The van der Waals surface area contributed by atoms with Crippen LogP contribution >= 0.6 is 24.0 Å². The number of aliphatic hydroxyl groups excluding tert-OH is 1. The van der Waals surface area contributed by atoms with Crippen LogP contribution in [0, 0.1) is 0 Å². The van der Waals surface area contributed by atoms with Crippen molar-refractivity contribution in [2.24, 2.45) is 4.99 Å². The summed E-state index contributed by atoms with van der Waals surface area (Å²) in [4.78, 5) is 9.91. The topological polar surface area (TPSA) is 63.1 Å². The third-order valence-corrected chi connectivity index (χ3v) is 5.68. The molecule has 160 valence electrons. The summed E-state index contributed by atoms with van der Waals surface area (Å²) >= 11 is 0. The summed E-state index contributed by atoms with van der Waals surface area (Å²) in [5.41, 5.74) is 0.122. The minimum atomic E-state index is -0.0832. The van der Waals surface area contributed by atoms with E-state index in [0.29, 0.717) is 0 Å². The summed E-state index contributed by atoms with van der Waals surface area (Å²) in [6.07, 6.45) is 6.87. The van der Waals surface area contributed by atoms with E-state index in [2.05, 4.69) is 41.2 Å². The van der Waals surface area contributed by atoms with Crippen molar-refractivity contribution in [3.05, 3.63) is 0 Å². The van der Waals surface area contributed by atoms with E-state index in [9.17, 15) is 5.11 Å². The first-order valence-corrected chi connectivity index (χ1v) is 10.7. The lowest BCUT2D eigenvalue weighted by Gasteiger charge is -2.40. The fraction of sp³-hybridized carbons (Fsp3) is 0.950. The molecule has 2 rings (SSSR count). The number of rotatable bonds is 8. The standard InChI is InChI=1S/C20H41N5O.HI/c1-4-21-19(22-11-8-12-24-15-9-18(26)10-16-24)23-17-20(2,3)25-13-6-5-7-14-25;/h18,26H,4-17H2,1-3H3,(H2,21,22,23);1H. The Morgan fingerprint density at radius 2 is 1.74 bits per heavy atom. The van der Waals surface area contributed by atoms with E-state index >= 15 is 0 Å². The van der Waals surface area contributed by atoms with Crippen LogP contribution in [0.25, 0.3) is 0 Å².